The highest BCUT2D eigenvalue weighted by Gasteiger charge is 2.10. The van der Waals surface area contributed by atoms with Gasteiger partial charge in [-0.3, -0.25) is 9.69 Å². The van der Waals surface area contributed by atoms with Crippen LogP contribution >= 0.6 is 23.4 Å². The van der Waals surface area contributed by atoms with E-state index >= 15 is 0 Å². The van der Waals surface area contributed by atoms with E-state index in [4.69, 9.17) is 11.6 Å². The molecule has 0 spiro atoms. The van der Waals surface area contributed by atoms with Crippen LogP contribution in [0.2, 0.25) is 5.02 Å². The summed E-state index contributed by atoms with van der Waals surface area (Å²) in [7, 11) is 0. The molecular weight excluding hydrogens is 376 g/mol. The second-order valence-electron chi connectivity index (χ2n) is 7.05. The fraction of sp³-hybridized carbons (Fsp3) is 0.409. The van der Waals surface area contributed by atoms with Gasteiger partial charge in [0.1, 0.15) is 0 Å². The lowest BCUT2D eigenvalue weighted by atomic mass is 10.1. The number of benzene rings is 2. The Balaban J connectivity index is 1.35. The number of nitrogens with one attached hydrogen (secondary N) is 1. The summed E-state index contributed by atoms with van der Waals surface area (Å²) in [6.45, 7) is 4.05. The fourth-order valence-corrected chi connectivity index (χ4v) is 4.18. The Bertz CT molecular complexity index is 712. The Morgan fingerprint density at radius 3 is 2.26 bits per heavy atom. The highest BCUT2D eigenvalue weighted by molar-refractivity contribution is 7.99. The first kappa shape index (κ1) is 20.2. The Kier molecular flexibility index (Phi) is 8.06. The maximum absolute atomic E-state index is 12.0. The molecule has 1 saturated heterocycles. The molecule has 27 heavy (non-hydrogen) atoms. The molecule has 0 aliphatic carbocycles. The molecule has 1 amide bonds. The van der Waals surface area contributed by atoms with Crippen molar-refractivity contribution in [1.82, 2.24) is 10.2 Å². The van der Waals surface area contributed by atoms with Crippen LogP contribution in [0.5, 0.6) is 0 Å². The quantitative estimate of drug-likeness (QED) is 0.683. The van der Waals surface area contributed by atoms with Crippen molar-refractivity contribution in [3.05, 3.63) is 70.2 Å². The number of hydrogen-bond donors (Lipinski definition) is 1. The number of piperidine rings is 1. The van der Waals surface area contributed by atoms with Gasteiger partial charge in [-0.25, -0.2) is 0 Å². The summed E-state index contributed by atoms with van der Waals surface area (Å²) in [5.41, 5.74) is 3.68. The van der Waals surface area contributed by atoms with Crippen molar-refractivity contribution in [3.8, 4) is 0 Å². The molecule has 1 fully saturated rings. The first-order valence-corrected chi connectivity index (χ1v) is 11.1. The van der Waals surface area contributed by atoms with Gasteiger partial charge in [-0.15, -0.1) is 11.8 Å². The van der Waals surface area contributed by atoms with Gasteiger partial charge in [0.15, 0.2) is 0 Å². The molecule has 0 radical (unpaired) electrons. The molecule has 1 aliphatic rings. The van der Waals surface area contributed by atoms with Gasteiger partial charge in [-0.2, -0.15) is 0 Å². The lowest BCUT2D eigenvalue weighted by Crippen LogP contribution is -2.29. The van der Waals surface area contributed by atoms with Crippen LogP contribution in [0.1, 0.15) is 36.0 Å². The summed E-state index contributed by atoms with van der Waals surface area (Å²) in [5.74, 6) is 1.36. The lowest BCUT2D eigenvalue weighted by Gasteiger charge is -2.26. The van der Waals surface area contributed by atoms with Crippen LogP contribution in [-0.2, 0) is 23.6 Å². The normalized spacial score (nSPS) is 14.9. The van der Waals surface area contributed by atoms with E-state index in [1.807, 2.05) is 24.3 Å². The summed E-state index contributed by atoms with van der Waals surface area (Å²) in [4.78, 5) is 14.6. The molecule has 0 saturated carbocycles. The van der Waals surface area contributed by atoms with Crippen molar-refractivity contribution in [3.63, 3.8) is 0 Å². The van der Waals surface area contributed by atoms with Crippen LogP contribution in [0.15, 0.2) is 48.5 Å². The predicted octanol–water partition coefficient (Wildman–Crippen LogP) is 4.88. The molecule has 3 nitrogen and oxygen atoms in total. The van der Waals surface area contributed by atoms with Gasteiger partial charge in [-0.1, -0.05) is 54.4 Å². The number of halogens is 1. The van der Waals surface area contributed by atoms with Crippen LogP contribution in [0.4, 0.5) is 0 Å². The Morgan fingerprint density at radius 1 is 0.926 bits per heavy atom. The van der Waals surface area contributed by atoms with E-state index in [1.54, 1.807) is 11.8 Å². The van der Waals surface area contributed by atoms with Gasteiger partial charge in [0.25, 0.3) is 0 Å². The minimum atomic E-state index is 0.0753. The number of carbonyl (C=O) groups is 1. The van der Waals surface area contributed by atoms with Gasteiger partial charge >= 0.3 is 0 Å². The van der Waals surface area contributed by atoms with Crippen LogP contribution in [0.25, 0.3) is 0 Å². The zero-order valence-corrected chi connectivity index (χ0v) is 17.2. The number of carbonyl (C=O) groups excluding carboxylic acids is 1. The number of amides is 1. The largest absolute Gasteiger partial charge is 0.351 e. The third-order valence-electron chi connectivity index (χ3n) is 4.78. The molecule has 144 valence electrons. The smallest absolute Gasteiger partial charge is 0.230 e. The van der Waals surface area contributed by atoms with E-state index in [9.17, 15) is 4.79 Å². The summed E-state index contributed by atoms with van der Waals surface area (Å²) < 4.78 is 0. The third kappa shape index (κ3) is 7.21. The first-order chi connectivity index (χ1) is 13.2. The molecule has 0 unspecified atom stereocenters. The summed E-state index contributed by atoms with van der Waals surface area (Å²) in [6, 6.07) is 16.4. The van der Waals surface area contributed by atoms with E-state index in [0.29, 0.717) is 12.3 Å². The Labute approximate surface area is 171 Å². The standard InChI is InChI=1S/C22H27ClN2OS/c23-21-10-8-20(9-11-21)16-27-17-22(26)24-14-18-4-6-19(7-5-18)15-25-12-2-1-3-13-25/h4-11H,1-3,12-17H2,(H,24,26). The number of thioether (sulfide) groups is 1. The van der Waals surface area contributed by atoms with Gasteiger partial charge in [0.05, 0.1) is 5.75 Å². The van der Waals surface area contributed by atoms with Crippen LogP contribution in [0, 0.1) is 0 Å². The molecule has 0 aromatic heterocycles. The highest BCUT2D eigenvalue weighted by atomic mass is 35.5. The first-order valence-electron chi connectivity index (χ1n) is 9.58. The van der Waals surface area contributed by atoms with Crippen LogP contribution < -0.4 is 5.32 Å². The van der Waals surface area contributed by atoms with Gasteiger partial charge in [-0.05, 0) is 54.8 Å². The van der Waals surface area contributed by atoms with E-state index < -0.39 is 0 Å². The molecule has 3 rings (SSSR count). The number of nitrogens with zero attached hydrogens (tertiary/aromatic N) is 1. The van der Waals surface area contributed by atoms with Crippen molar-refractivity contribution < 1.29 is 4.79 Å². The average Bonchev–Trinajstić information content (AvgIpc) is 2.70. The van der Waals surface area contributed by atoms with Crippen molar-refractivity contribution in [2.24, 2.45) is 0 Å². The van der Waals surface area contributed by atoms with Crippen LogP contribution in [0.3, 0.4) is 0 Å². The molecule has 2 aromatic carbocycles. The van der Waals surface area contributed by atoms with Gasteiger partial charge in [0.2, 0.25) is 5.91 Å². The van der Waals surface area contributed by atoms with Crippen molar-refractivity contribution in [2.75, 3.05) is 18.8 Å². The predicted molar refractivity (Wildman–Crippen MR) is 115 cm³/mol. The van der Waals surface area contributed by atoms with Crippen LogP contribution in [-0.4, -0.2) is 29.6 Å². The second kappa shape index (κ2) is 10.7. The molecule has 1 N–H and O–H groups in total. The zero-order chi connectivity index (χ0) is 18.9. The summed E-state index contributed by atoms with van der Waals surface area (Å²) >= 11 is 7.50. The van der Waals surface area contributed by atoms with Crippen molar-refractivity contribution in [1.29, 1.82) is 0 Å². The SMILES string of the molecule is O=C(CSCc1ccc(Cl)cc1)NCc1ccc(CN2CCCCC2)cc1. The molecule has 5 heteroatoms. The van der Waals surface area contributed by atoms with Crippen molar-refractivity contribution >= 4 is 29.3 Å². The fourth-order valence-electron chi connectivity index (χ4n) is 3.23. The minimum Gasteiger partial charge on any atom is -0.351 e. The van der Waals surface area contributed by atoms with E-state index in [2.05, 4.69) is 34.5 Å². The number of likely N-dealkylation sites (tertiary alicyclic amines) is 1. The molecule has 1 heterocycles. The minimum absolute atomic E-state index is 0.0753. The van der Waals surface area contributed by atoms with E-state index in [1.165, 1.54) is 43.5 Å². The zero-order valence-electron chi connectivity index (χ0n) is 15.6. The van der Waals surface area contributed by atoms with Crippen molar-refractivity contribution in [2.45, 2.75) is 38.1 Å². The summed E-state index contributed by atoms with van der Waals surface area (Å²) in [5, 5.41) is 3.74. The monoisotopic (exact) mass is 402 g/mol. The molecule has 0 atom stereocenters. The maximum atomic E-state index is 12.0. The molecular formula is C22H27ClN2OS. The van der Waals surface area contributed by atoms with E-state index in [-0.39, 0.29) is 5.91 Å². The number of rotatable bonds is 8. The third-order valence-corrected chi connectivity index (χ3v) is 6.04. The lowest BCUT2D eigenvalue weighted by molar-refractivity contribution is -0.118. The summed E-state index contributed by atoms with van der Waals surface area (Å²) in [6.07, 6.45) is 4.01. The Hall–Kier alpha value is -1.49. The number of hydrogen-bond acceptors (Lipinski definition) is 3. The molecule has 1 aliphatic heterocycles. The topological polar surface area (TPSA) is 32.3 Å². The average molecular weight is 403 g/mol. The van der Waals surface area contributed by atoms with Gasteiger partial charge in [0, 0.05) is 23.9 Å². The van der Waals surface area contributed by atoms with E-state index in [0.717, 1.165) is 22.9 Å². The highest BCUT2D eigenvalue weighted by Crippen LogP contribution is 2.16. The molecule has 0 bridgehead atoms. The second-order valence-corrected chi connectivity index (χ2v) is 8.47. The maximum Gasteiger partial charge on any atom is 0.230 e. The Morgan fingerprint density at radius 2 is 1.56 bits per heavy atom. The molecule has 2 aromatic rings. The van der Waals surface area contributed by atoms with Gasteiger partial charge < -0.3 is 5.32 Å².